The fourth-order valence-corrected chi connectivity index (χ4v) is 5.69. The van der Waals surface area contributed by atoms with Crippen LogP contribution in [0.15, 0.2) is 23.3 Å². The van der Waals surface area contributed by atoms with Crippen molar-refractivity contribution in [2.75, 3.05) is 0 Å². The van der Waals surface area contributed by atoms with Crippen LogP contribution in [0, 0.1) is 22.7 Å². The number of hydrogen-bond acceptors (Lipinski definition) is 1. The zero-order valence-corrected chi connectivity index (χ0v) is 16.9. The molecule has 2 rings (SSSR count). The predicted octanol–water partition coefficient (Wildman–Crippen LogP) is 6.88. The summed E-state index contributed by atoms with van der Waals surface area (Å²) in [6, 6.07) is 0. The molecule has 1 fully saturated rings. The van der Waals surface area contributed by atoms with Crippen LogP contribution in [0.25, 0.3) is 0 Å². The Labute approximate surface area is 150 Å². The molecule has 2 aliphatic rings. The smallest absolute Gasteiger partial charge is 0.130 e. The molecule has 24 heavy (non-hydrogen) atoms. The van der Waals surface area contributed by atoms with Crippen LogP contribution >= 0.6 is 0 Å². The van der Waals surface area contributed by atoms with Gasteiger partial charge in [-0.05, 0) is 82.0 Å². The first-order chi connectivity index (χ1) is 11.2. The minimum absolute atomic E-state index is 0.296. The largest absolute Gasteiger partial charge is 0.300 e. The van der Waals surface area contributed by atoms with E-state index in [1.54, 1.807) is 12.5 Å². The Bertz CT molecular complexity index is 522. The summed E-state index contributed by atoms with van der Waals surface area (Å²) in [6.45, 7) is 13.9. The zero-order valence-electron chi connectivity index (χ0n) is 16.9. The van der Waals surface area contributed by atoms with Crippen molar-refractivity contribution in [1.82, 2.24) is 0 Å². The standard InChI is InChI=1S/C23H38O/c1-17(9-7-10-19(3)24)11-13-20-18(2)12-14-21-22(4,5)15-8-16-23(20,21)6/h9,12,20-21H,7-8,10-11,13-16H2,1-6H3/b17-9+. The molecular weight excluding hydrogens is 292 g/mol. The van der Waals surface area contributed by atoms with Crippen molar-refractivity contribution in [3.05, 3.63) is 23.3 Å². The molecule has 0 spiro atoms. The van der Waals surface area contributed by atoms with E-state index in [-0.39, 0.29) is 0 Å². The second kappa shape index (κ2) is 7.58. The van der Waals surface area contributed by atoms with E-state index < -0.39 is 0 Å². The maximum Gasteiger partial charge on any atom is 0.130 e. The van der Waals surface area contributed by atoms with Crippen molar-refractivity contribution in [3.63, 3.8) is 0 Å². The highest BCUT2D eigenvalue weighted by Gasteiger charge is 2.51. The van der Waals surface area contributed by atoms with E-state index in [2.05, 4.69) is 46.8 Å². The zero-order chi connectivity index (χ0) is 18.0. The van der Waals surface area contributed by atoms with Crippen LogP contribution in [0.3, 0.4) is 0 Å². The summed E-state index contributed by atoms with van der Waals surface area (Å²) in [4.78, 5) is 11.1. The molecule has 0 aromatic carbocycles. The molecule has 1 heteroatoms. The van der Waals surface area contributed by atoms with E-state index in [4.69, 9.17) is 0 Å². The van der Waals surface area contributed by atoms with Gasteiger partial charge in [0.05, 0.1) is 0 Å². The number of carbonyl (C=O) groups excluding carboxylic acids is 1. The van der Waals surface area contributed by atoms with Crippen molar-refractivity contribution in [2.24, 2.45) is 22.7 Å². The minimum atomic E-state index is 0.296. The Morgan fingerprint density at radius 3 is 2.58 bits per heavy atom. The summed E-state index contributed by atoms with van der Waals surface area (Å²) in [5.41, 5.74) is 4.04. The van der Waals surface area contributed by atoms with Gasteiger partial charge in [0, 0.05) is 6.42 Å². The number of Topliss-reactive ketones (excluding diaryl/α,β-unsaturated/α-hetero) is 1. The SMILES string of the molecule is CC(=O)CC/C=C(\C)CCC1C(C)=CCC2C(C)(C)CCCC12C. The Kier molecular flexibility index (Phi) is 6.15. The van der Waals surface area contributed by atoms with Gasteiger partial charge < -0.3 is 4.79 Å². The van der Waals surface area contributed by atoms with Crippen molar-refractivity contribution in [3.8, 4) is 0 Å². The first-order valence-electron chi connectivity index (χ1n) is 9.98. The minimum Gasteiger partial charge on any atom is -0.300 e. The maximum absolute atomic E-state index is 11.1. The van der Waals surface area contributed by atoms with E-state index in [9.17, 15) is 4.79 Å². The quantitative estimate of drug-likeness (QED) is 0.485. The Hall–Kier alpha value is -0.850. The highest BCUT2D eigenvalue weighted by molar-refractivity contribution is 5.75. The van der Waals surface area contributed by atoms with Crippen LogP contribution < -0.4 is 0 Å². The molecule has 0 amide bonds. The van der Waals surface area contributed by atoms with Crippen LogP contribution in [0.4, 0.5) is 0 Å². The third-order valence-corrected chi connectivity index (χ3v) is 7.11. The van der Waals surface area contributed by atoms with Gasteiger partial charge in [-0.3, -0.25) is 0 Å². The van der Waals surface area contributed by atoms with E-state index >= 15 is 0 Å². The molecule has 136 valence electrons. The lowest BCUT2D eigenvalue weighted by atomic mass is 9.48. The van der Waals surface area contributed by atoms with Crippen LogP contribution in [-0.2, 0) is 4.79 Å². The van der Waals surface area contributed by atoms with E-state index in [0.717, 1.165) is 18.3 Å². The molecule has 1 saturated carbocycles. The second-order valence-electron chi connectivity index (χ2n) is 9.47. The van der Waals surface area contributed by atoms with Crippen LogP contribution in [-0.4, -0.2) is 5.78 Å². The van der Waals surface area contributed by atoms with E-state index in [1.165, 1.54) is 44.1 Å². The van der Waals surface area contributed by atoms with Gasteiger partial charge in [0.25, 0.3) is 0 Å². The molecule has 0 aliphatic heterocycles. The summed E-state index contributed by atoms with van der Waals surface area (Å²) in [6.07, 6.45) is 14.3. The molecule has 0 radical (unpaired) electrons. The number of allylic oxidation sites excluding steroid dienone is 4. The Morgan fingerprint density at radius 1 is 1.21 bits per heavy atom. The van der Waals surface area contributed by atoms with Crippen LogP contribution in [0.5, 0.6) is 0 Å². The molecule has 3 atom stereocenters. The van der Waals surface area contributed by atoms with Crippen molar-refractivity contribution < 1.29 is 4.79 Å². The Morgan fingerprint density at radius 2 is 1.92 bits per heavy atom. The van der Waals surface area contributed by atoms with E-state index in [1.807, 2.05) is 0 Å². The number of carbonyl (C=O) groups is 1. The number of fused-ring (bicyclic) bond motifs is 1. The van der Waals surface area contributed by atoms with Crippen molar-refractivity contribution in [1.29, 1.82) is 0 Å². The highest BCUT2D eigenvalue weighted by Crippen LogP contribution is 2.60. The third kappa shape index (κ3) is 4.21. The van der Waals surface area contributed by atoms with Gasteiger partial charge in [-0.15, -0.1) is 0 Å². The fraction of sp³-hybridized carbons (Fsp3) is 0.783. The van der Waals surface area contributed by atoms with Gasteiger partial charge in [-0.2, -0.15) is 0 Å². The summed E-state index contributed by atoms with van der Waals surface area (Å²) in [5, 5.41) is 0. The average Bonchev–Trinajstić information content (AvgIpc) is 2.45. The molecule has 0 heterocycles. The molecule has 0 aromatic rings. The first-order valence-corrected chi connectivity index (χ1v) is 9.98. The van der Waals surface area contributed by atoms with Crippen LogP contribution in [0.1, 0.15) is 92.9 Å². The molecule has 3 unspecified atom stereocenters. The average molecular weight is 331 g/mol. The summed E-state index contributed by atoms with van der Waals surface area (Å²) < 4.78 is 0. The molecule has 2 aliphatic carbocycles. The predicted molar refractivity (Wildman–Crippen MR) is 104 cm³/mol. The van der Waals surface area contributed by atoms with Gasteiger partial charge >= 0.3 is 0 Å². The van der Waals surface area contributed by atoms with Gasteiger partial charge in [0.2, 0.25) is 0 Å². The van der Waals surface area contributed by atoms with Gasteiger partial charge in [-0.1, -0.05) is 50.5 Å². The molecule has 1 nitrogen and oxygen atoms in total. The number of rotatable bonds is 6. The monoisotopic (exact) mass is 330 g/mol. The van der Waals surface area contributed by atoms with Gasteiger partial charge in [-0.25, -0.2) is 0 Å². The molecule has 0 bridgehead atoms. The highest BCUT2D eigenvalue weighted by atomic mass is 16.1. The van der Waals surface area contributed by atoms with Crippen molar-refractivity contribution >= 4 is 5.78 Å². The molecular formula is C23H38O. The lowest BCUT2D eigenvalue weighted by molar-refractivity contribution is -0.116. The van der Waals surface area contributed by atoms with E-state index in [0.29, 0.717) is 23.0 Å². The first kappa shape index (κ1) is 19.5. The van der Waals surface area contributed by atoms with Crippen LogP contribution in [0.2, 0.25) is 0 Å². The van der Waals surface area contributed by atoms with Gasteiger partial charge in [0.1, 0.15) is 5.78 Å². The maximum atomic E-state index is 11.1. The number of ketones is 1. The molecule has 0 aromatic heterocycles. The fourth-order valence-electron chi connectivity index (χ4n) is 5.69. The molecule has 0 N–H and O–H groups in total. The summed E-state index contributed by atoms with van der Waals surface area (Å²) in [7, 11) is 0. The lowest BCUT2D eigenvalue weighted by Gasteiger charge is -2.57. The van der Waals surface area contributed by atoms with Gasteiger partial charge in [0.15, 0.2) is 0 Å². The molecule has 0 saturated heterocycles. The third-order valence-electron chi connectivity index (χ3n) is 7.11. The summed E-state index contributed by atoms with van der Waals surface area (Å²) in [5.74, 6) is 1.85. The summed E-state index contributed by atoms with van der Waals surface area (Å²) >= 11 is 0. The number of hydrogen-bond donors (Lipinski definition) is 0. The topological polar surface area (TPSA) is 17.1 Å². The second-order valence-corrected chi connectivity index (χ2v) is 9.47. The lowest BCUT2D eigenvalue weighted by Crippen LogP contribution is -2.48. The normalized spacial score (nSPS) is 32.9. The van der Waals surface area contributed by atoms with Crippen molar-refractivity contribution in [2.45, 2.75) is 92.9 Å². The Balaban J connectivity index is 2.06.